The summed E-state index contributed by atoms with van der Waals surface area (Å²) in [6.07, 6.45) is 1.30. The van der Waals surface area contributed by atoms with Crippen molar-refractivity contribution >= 4 is 41.0 Å². The molecule has 8 nitrogen and oxygen atoms in total. The van der Waals surface area contributed by atoms with Crippen LogP contribution in [-0.2, 0) is 4.79 Å². The number of carbonyl (C=O) groups is 1. The molecule has 0 fully saturated rings. The van der Waals surface area contributed by atoms with Crippen LogP contribution in [0.25, 0.3) is 11.3 Å². The van der Waals surface area contributed by atoms with Gasteiger partial charge in [-0.2, -0.15) is 5.10 Å². The number of carbonyl (C=O) groups excluding carboxylic acids is 1. The Hall–Kier alpha value is -3.36. The van der Waals surface area contributed by atoms with Crippen molar-refractivity contribution < 1.29 is 18.9 Å². The van der Waals surface area contributed by atoms with Crippen LogP contribution in [0.15, 0.2) is 64.1 Å². The third kappa shape index (κ3) is 5.56. The number of benzene rings is 2. The number of hydrogen-bond donors (Lipinski definition) is 1. The van der Waals surface area contributed by atoms with E-state index in [-0.39, 0.29) is 17.3 Å². The van der Waals surface area contributed by atoms with Crippen molar-refractivity contribution in [1.82, 2.24) is 5.43 Å². The van der Waals surface area contributed by atoms with E-state index in [2.05, 4.69) is 10.5 Å². The number of amides is 1. The van der Waals surface area contributed by atoms with Crippen LogP contribution in [0.2, 0.25) is 10.0 Å². The van der Waals surface area contributed by atoms with Crippen LogP contribution in [0.5, 0.6) is 5.75 Å². The van der Waals surface area contributed by atoms with Gasteiger partial charge in [-0.1, -0.05) is 35.3 Å². The van der Waals surface area contributed by atoms with Crippen LogP contribution in [0.3, 0.4) is 0 Å². The van der Waals surface area contributed by atoms with E-state index in [9.17, 15) is 14.9 Å². The molecule has 2 aromatic carbocycles. The highest BCUT2D eigenvalue weighted by Gasteiger charge is 2.10. The summed E-state index contributed by atoms with van der Waals surface area (Å²) in [6, 6.07) is 14.0. The molecule has 3 rings (SSSR count). The zero-order valence-electron chi connectivity index (χ0n) is 14.7. The highest BCUT2D eigenvalue weighted by molar-refractivity contribution is 6.35. The van der Waals surface area contributed by atoms with Crippen LogP contribution in [0.1, 0.15) is 5.76 Å². The molecule has 29 heavy (non-hydrogen) atoms. The van der Waals surface area contributed by atoms with Crippen molar-refractivity contribution in [1.29, 1.82) is 0 Å². The third-order valence-electron chi connectivity index (χ3n) is 3.60. The van der Waals surface area contributed by atoms with E-state index < -0.39 is 10.8 Å². The molecular formula is C19H13Cl2N3O5. The molecule has 1 N–H and O–H groups in total. The van der Waals surface area contributed by atoms with Crippen LogP contribution >= 0.6 is 23.2 Å². The molecule has 0 saturated heterocycles. The fourth-order valence-corrected chi connectivity index (χ4v) is 2.75. The Morgan fingerprint density at radius 2 is 2.03 bits per heavy atom. The summed E-state index contributed by atoms with van der Waals surface area (Å²) in [7, 11) is 0. The Morgan fingerprint density at radius 1 is 1.21 bits per heavy atom. The number of nitro benzene ring substituents is 1. The number of nitrogens with zero attached hydrogens (tertiary/aromatic N) is 2. The van der Waals surface area contributed by atoms with Gasteiger partial charge in [0.25, 0.3) is 11.6 Å². The Labute approximate surface area is 174 Å². The van der Waals surface area contributed by atoms with Gasteiger partial charge in [-0.05, 0) is 30.3 Å². The number of furan rings is 1. The summed E-state index contributed by atoms with van der Waals surface area (Å²) >= 11 is 11.7. The second-order valence-corrected chi connectivity index (χ2v) is 6.51. The summed E-state index contributed by atoms with van der Waals surface area (Å²) in [4.78, 5) is 22.2. The summed E-state index contributed by atoms with van der Waals surface area (Å²) in [5.74, 6) is 0.608. The molecule has 0 atom stereocenters. The molecule has 0 bridgehead atoms. The monoisotopic (exact) mass is 433 g/mol. The lowest BCUT2D eigenvalue weighted by Gasteiger charge is -2.06. The van der Waals surface area contributed by atoms with Gasteiger partial charge in [0.1, 0.15) is 17.3 Å². The van der Waals surface area contributed by atoms with Crippen molar-refractivity contribution in [2.45, 2.75) is 0 Å². The van der Waals surface area contributed by atoms with Gasteiger partial charge in [0, 0.05) is 22.7 Å². The minimum absolute atomic E-state index is 0.0397. The summed E-state index contributed by atoms with van der Waals surface area (Å²) in [5, 5.41) is 15.4. The standard InChI is InChI=1S/C19H13Cl2N3O5/c20-13-4-6-18(16(21)9-13)28-11-19(25)23-22-10-15-5-7-17(29-15)12-2-1-3-14(8-12)24(26)27/h1-10H,11H2,(H,23,25). The Kier molecular flexibility index (Phi) is 6.48. The van der Waals surface area contributed by atoms with Gasteiger partial charge in [-0.25, -0.2) is 5.43 Å². The molecule has 0 spiro atoms. The molecule has 3 aromatic rings. The Morgan fingerprint density at radius 3 is 2.79 bits per heavy atom. The largest absolute Gasteiger partial charge is 0.482 e. The number of ether oxygens (including phenoxy) is 1. The highest BCUT2D eigenvalue weighted by atomic mass is 35.5. The minimum atomic E-state index is -0.502. The van der Waals surface area contributed by atoms with E-state index in [4.69, 9.17) is 32.4 Å². The average molecular weight is 434 g/mol. The molecule has 1 aromatic heterocycles. The van der Waals surface area contributed by atoms with E-state index in [1.54, 1.807) is 36.4 Å². The maximum Gasteiger partial charge on any atom is 0.277 e. The van der Waals surface area contributed by atoms with Crippen LogP contribution in [0.4, 0.5) is 5.69 Å². The summed E-state index contributed by atoms with van der Waals surface area (Å²) in [6.45, 7) is -0.296. The maximum atomic E-state index is 11.8. The van der Waals surface area contributed by atoms with E-state index in [1.807, 2.05) is 0 Å². The van der Waals surface area contributed by atoms with Crippen LogP contribution in [-0.4, -0.2) is 23.7 Å². The predicted molar refractivity (Wildman–Crippen MR) is 108 cm³/mol. The Bertz CT molecular complexity index is 1080. The van der Waals surface area contributed by atoms with Crippen molar-refractivity contribution in [3.63, 3.8) is 0 Å². The number of rotatable bonds is 7. The molecule has 1 amide bonds. The van der Waals surface area contributed by atoms with Gasteiger partial charge in [0.05, 0.1) is 16.2 Å². The van der Waals surface area contributed by atoms with Crippen molar-refractivity contribution in [3.05, 3.63) is 80.5 Å². The lowest BCUT2D eigenvalue weighted by atomic mass is 10.1. The predicted octanol–water partition coefficient (Wildman–Crippen LogP) is 4.69. The zero-order chi connectivity index (χ0) is 20.8. The lowest BCUT2D eigenvalue weighted by molar-refractivity contribution is -0.384. The second kappa shape index (κ2) is 9.22. The first-order valence-electron chi connectivity index (χ1n) is 8.17. The molecule has 0 saturated carbocycles. The first kappa shape index (κ1) is 20.4. The van der Waals surface area contributed by atoms with Crippen LogP contribution in [0, 0.1) is 10.1 Å². The van der Waals surface area contributed by atoms with Crippen molar-refractivity contribution in [2.24, 2.45) is 5.10 Å². The smallest absolute Gasteiger partial charge is 0.277 e. The maximum absolute atomic E-state index is 11.8. The molecular weight excluding hydrogens is 421 g/mol. The highest BCUT2D eigenvalue weighted by Crippen LogP contribution is 2.27. The first-order chi connectivity index (χ1) is 13.9. The first-order valence-corrected chi connectivity index (χ1v) is 8.92. The van der Waals surface area contributed by atoms with Crippen molar-refractivity contribution in [3.8, 4) is 17.1 Å². The Balaban J connectivity index is 1.55. The van der Waals surface area contributed by atoms with Gasteiger partial charge in [0.2, 0.25) is 0 Å². The molecule has 1 heterocycles. The minimum Gasteiger partial charge on any atom is -0.482 e. The number of nitro groups is 1. The number of hydrogen-bond acceptors (Lipinski definition) is 6. The molecule has 0 aliphatic carbocycles. The van der Waals surface area contributed by atoms with E-state index >= 15 is 0 Å². The quantitative estimate of drug-likeness (QED) is 0.330. The van der Waals surface area contributed by atoms with Gasteiger partial charge in [-0.15, -0.1) is 0 Å². The van der Waals surface area contributed by atoms with Gasteiger partial charge >= 0.3 is 0 Å². The summed E-state index contributed by atoms with van der Waals surface area (Å²) < 4.78 is 10.9. The molecule has 0 radical (unpaired) electrons. The third-order valence-corrected chi connectivity index (χ3v) is 4.13. The summed E-state index contributed by atoms with van der Waals surface area (Å²) in [5.41, 5.74) is 2.80. The number of nitrogens with one attached hydrogen (secondary N) is 1. The zero-order valence-corrected chi connectivity index (χ0v) is 16.2. The topological polar surface area (TPSA) is 107 Å². The number of non-ortho nitro benzene ring substituents is 1. The molecule has 0 unspecified atom stereocenters. The second-order valence-electron chi connectivity index (χ2n) is 5.67. The van der Waals surface area contributed by atoms with Gasteiger partial charge < -0.3 is 9.15 Å². The molecule has 0 aliphatic heterocycles. The van der Waals surface area contributed by atoms with E-state index in [0.717, 1.165) is 0 Å². The molecule has 10 heteroatoms. The van der Waals surface area contributed by atoms with Crippen molar-refractivity contribution in [2.75, 3.05) is 6.61 Å². The SMILES string of the molecule is O=C(COc1ccc(Cl)cc1Cl)NN=Cc1ccc(-c2cccc([N+](=O)[O-])c2)o1. The average Bonchev–Trinajstić information content (AvgIpc) is 3.16. The van der Waals surface area contributed by atoms with E-state index in [1.165, 1.54) is 24.4 Å². The van der Waals surface area contributed by atoms with Crippen LogP contribution < -0.4 is 10.2 Å². The van der Waals surface area contributed by atoms with Gasteiger partial charge in [-0.3, -0.25) is 14.9 Å². The van der Waals surface area contributed by atoms with E-state index in [0.29, 0.717) is 27.9 Å². The normalized spacial score (nSPS) is 10.8. The lowest BCUT2D eigenvalue weighted by Crippen LogP contribution is -2.24. The molecule has 148 valence electrons. The number of hydrazone groups is 1. The van der Waals surface area contributed by atoms with Gasteiger partial charge in [0.15, 0.2) is 6.61 Å². The fraction of sp³-hybridized carbons (Fsp3) is 0.0526. The fourth-order valence-electron chi connectivity index (χ4n) is 2.29. The number of halogens is 2. The molecule has 0 aliphatic rings.